The number of aromatic nitrogens is 3. The summed E-state index contributed by atoms with van der Waals surface area (Å²) >= 11 is 0. The number of amides is 1. The number of rotatable bonds is 7. The minimum absolute atomic E-state index is 0.00211. The number of carbonyl (C=O) groups is 2. The Bertz CT molecular complexity index is 1370. The normalized spacial score (nSPS) is 13.2. The number of imidazole rings is 1. The molecule has 0 spiro atoms. The summed E-state index contributed by atoms with van der Waals surface area (Å²) in [4.78, 5) is 29.1. The van der Waals surface area contributed by atoms with E-state index in [4.69, 9.17) is 4.74 Å². The molecule has 1 fully saturated rings. The van der Waals surface area contributed by atoms with Crippen molar-refractivity contribution in [3.8, 4) is 11.6 Å². The Morgan fingerprint density at radius 2 is 1.94 bits per heavy atom. The van der Waals surface area contributed by atoms with Gasteiger partial charge in [-0.3, -0.25) is 9.59 Å². The minimum atomic E-state index is 0.00211. The summed E-state index contributed by atoms with van der Waals surface area (Å²) in [7, 11) is 0. The smallest absolute Gasteiger partial charge is 0.237 e. The number of hydrogen-bond donors (Lipinski definition) is 1. The standard InChI is InChI=1S/C26H24N4O3/c1-16-4-3-5-19(12-16)22(31)14-20-13-21(9-6-17(20)2)33-25-11-10-24-27-23(15-30(24)29-25)28-26(32)18-7-8-18/h3-6,9-13,15,18H,7-8,14H2,1-2H3,(H,28,32). The molecule has 0 bridgehead atoms. The Morgan fingerprint density at radius 1 is 1.09 bits per heavy atom. The molecule has 2 aromatic carbocycles. The molecule has 7 nitrogen and oxygen atoms in total. The summed E-state index contributed by atoms with van der Waals surface area (Å²) in [5.41, 5.74) is 4.32. The molecule has 0 saturated heterocycles. The van der Waals surface area contributed by atoms with E-state index in [1.54, 1.807) is 22.8 Å². The van der Waals surface area contributed by atoms with Gasteiger partial charge in [0.1, 0.15) is 5.75 Å². The van der Waals surface area contributed by atoms with Crippen LogP contribution in [0.1, 0.15) is 39.9 Å². The van der Waals surface area contributed by atoms with Crippen LogP contribution in [0.15, 0.2) is 60.8 Å². The third-order valence-electron chi connectivity index (χ3n) is 5.73. The van der Waals surface area contributed by atoms with Crippen molar-refractivity contribution < 1.29 is 14.3 Å². The number of nitrogens with one attached hydrogen (secondary N) is 1. The van der Waals surface area contributed by atoms with Gasteiger partial charge in [-0.1, -0.05) is 29.8 Å². The third kappa shape index (κ3) is 4.77. The van der Waals surface area contributed by atoms with Gasteiger partial charge in [0.2, 0.25) is 11.8 Å². The molecule has 1 aliphatic rings. The van der Waals surface area contributed by atoms with Gasteiger partial charge in [-0.15, -0.1) is 5.10 Å². The number of carbonyl (C=O) groups excluding carboxylic acids is 2. The molecule has 0 atom stereocenters. The monoisotopic (exact) mass is 440 g/mol. The fourth-order valence-corrected chi connectivity index (χ4v) is 3.67. The van der Waals surface area contributed by atoms with Crippen LogP contribution in [0.25, 0.3) is 5.65 Å². The van der Waals surface area contributed by atoms with Crippen LogP contribution in [-0.4, -0.2) is 26.3 Å². The molecule has 0 aliphatic heterocycles. The van der Waals surface area contributed by atoms with Gasteiger partial charge in [0.25, 0.3) is 0 Å². The van der Waals surface area contributed by atoms with Crippen LogP contribution in [-0.2, 0) is 11.2 Å². The summed E-state index contributed by atoms with van der Waals surface area (Å²) < 4.78 is 7.55. The SMILES string of the molecule is Cc1cccc(C(=O)Cc2cc(Oc3ccc4nc(NC(=O)C5CC5)cn4n3)ccc2C)c1. The fourth-order valence-electron chi connectivity index (χ4n) is 3.67. The second-order valence-electron chi connectivity index (χ2n) is 8.52. The Labute approximate surface area is 191 Å². The van der Waals surface area contributed by atoms with Crippen LogP contribution in [0.2, 0.25) is 0 Å². The fraction of sp³-hybridized carbons (Fsp3) is 0.231. The molecule has 5 rings (SSSR count). The Morgan fingerprint density at radius 3 is 2.73 bits per heavy atom. The summed E-state index contributed by atoms with van der Waals surface area (Å²) in [5, 5.41) is 7.27. The van der Waals surface area contributed by atoms with Crippen LogP contribution in [0.4, 0.5) is 5.82 Å². The number of hydrogen-bond acceptors (Lipinski definition) is 5. The molecule has 1 amide bonds. The molecule has 2 aromatic heterocycles. The lowest BCUT2D eigenvalue weighted by Crippen LogP contribution is -2.13. The molecule has 2 heterocycles. The molecule has 1 aliphatic carbocycles. The highest BCUT2D eigenvalue weighted by molar-refractivity contribution is 5.97. The van der Waals surface area contributed by atoms with Gasteiger partial charge in [0.15, 0.2) is 17.2 Å². The molecule has 0 radical (unpaired) electrons. The van der Waals surface area contributed by atoms with Crippen molar-refractivity contribution in [1.29, 1.82) is 0 Å². The van der Waals surface area contributed by atoms with Crippen LogP contribution in [0.5, 0.6) is 11.6 Å². The highest BCUT2D eigenvalue weighted by Crippen LogP contribution is 2.30. The summed E-state index contributed by atoms with van der Waals surface area (Å²) in [6.07, 6.45) is 3.84. The van der Waals surface area contributed by atoms with Crippen molar-refractivity contribution in [2.75, 3.05) is 5.32 Å². The third-order valence-corrected chi connectivity index (χ3v) is 5.73. The number of ether oxygens (including phenoxy) is 1. The van der Waals surface area contributed by atoms with Gasteiger partial charge in [-0.25, -0.2) is 9.50 Å². The van der Waals surface area contributed by atoms with Crippen molar-refractivity contribution in [1.82, 2.24) is 14.6 Å². The van der Waals surface area contributed by atoms with Crippen molar-refractivity contribution in [2.24, 2.45) is 5.92 Å². The second kappa shape index (κ2) is 8.50. The van der Waals surface area contributed by atoms with Crippen LogP contribution in [0.3, 0.4) is 0 Å². The van der Waals surface area contributed by atoms with Gasteiger partial charge in [-0.05, 0) is 62.1 Å². The molecule has 1 N–H and O–H groups in total. The average Bonchev–Trinajstić information content (AvgIpc) is 3.57. The zero-order valence-electron chi connectivity index (χ0n) is 18.5. The van der Waals surface area contributed by atoms with Crippen molar-refractivity contribution in [3.63, 3.8) is 0 Å². The van der Waals surface area contributed by atoms with E-state index in [0.717, 1.165) is 29.5 Å². The number of benzene rings is 2. The number of fused-ring (bicyclic) bond motifs is 1. The first kappa shape index (κ1) is 20.9. The number of ketones is 1. The molecule has 0 unspecified atom stereocenters. The van der Waals surface area contributed by atoms with Gasteiger partial charge in [0, 0.05) is 24.0 Å². The number of Topliss-reactive ketones (excluding diaryl/α,β-unsaturated/α-hetero) is 1. The average molecular weight is 441 g/mol. The van der Waals surface area contributed by atoms with E-state index >= 15 is 0 Å². The number of nitrogens with zero attached hydrogens (tertiary/aromatic N) is 3. The molecule has 4 aromatic rings. The molecule has 33 heavy (non-hydrogen) atoms. The van der Waals surface area contributed by atoms with Gasteiger partial charge in [-0.2, -0.15) is 0 Å². The molecular weight excluding hydrogens is 416 g/mol. The first-order valence-electron chi connectivity index (χ1n) is 11.0. The maximum absolute atomic E-state index is 12.8. The zero-order valence-corrected chi connectivity index (χ0v) is 18.5. The molecular formula is C26H24N4O3. The molecule has 1 saturated carbocycles. The largest absolute Gasteiger partial charge is 0.438 e. The predicted octanol–water partition coefficient (Wildman–Crippen LogP) is 4.91. The number of anilines is 1. The predicted molar refractivity (Wildman–Crippen MR) is 125 cm³/mol. The van der Waals surface area contributed by atoms with E-state index in [1.165, 1.54) is 0 Å². The quantitative estimate of drug-likeness (QED) is 0.413. The summed E-state index contributed by atoms with van der Waals surface area (Å²) in [6, 6.07) is 16.8. The highest BCUT2D eigenvalue weighted by Gasteiger charge is 2.30. The summed E-state index contributed by atoms with van der Waals surface area (Å²) in [5.74, 6) is 1.64. The second-order valence-corrected chi connectivity index (χ2v) is 8.52. The lowest BCUT2D eigenvalue weighted by atomic mass is 9.98. The highest BCUT2D eigenvalue weighted by atomic mass is 16.5. The van der Waals surface area contributed by atoms with E-state index in [9.17, 15) is 9.59 Å². The lowest BCUT2D eigenvalue weighted by molar-refractivity contribution is -0.117. The number of aryl methyl sites for hydroxylation is 2. The van der Waals surface area contributed by atoms with E-state index in [-0.39, 0.29) is 17.6 Å². The van der Waals surface area contributed by atoms with Crippen LogP contribution in [0, 0.1) is 19.8 Å². The molecule has 7 heteroatoms. The van der Waals surface area contributed by atoms with E-state index in [1.807, 2.05) is 56.3 Å². The van der Waals surface area contributed by atoms with Crippen LogP contribution >= 0.6 is 0 Å². The summed E-state index contributed by atoms with van der Waals surface area (Å²) in [6.45, 7) is 3.96. The van der Waals surface area contributed by atoms with E-state index < -0.39 is 0 Å². The van der Waals surface area contributed by atoms with Gasteiger partial charge < -0.3 is 10.1 Å². The minimum Gasteiger partial charge on any atom is -0.438 e. The van der Waals surface area contributed by atoms with Crippen molar-refractivity contribution >= 4 is 23.2 Å². The van der Waals surface area contributed by atoms with E-state index in [2.05, 4.69) is 15.4 Å². The van der Waals surface area contributed by atoms with Crippen molar-refractivity contribution in [2.45, 2.75) is 33.1 Å². The first-order chi connectivity index (χ1) is 15.9. The zero-order chi connectivity index (χ0) is 22.9. The lowest BCUT2D eigenvalue weighted by Gasteiger charge is -2.10. The van der Waals surface area contributed by atoms with E-state index in [0.29, 0.717) is 35.1 Å². The Kier molecular flexibility index (Phi) is 5.38. The maximum Gasteiger partial charge on any atom is 0.237 e. The first-order valence-corrected chi connectivity index (χ1v) is 11.0. The Balaban J connectivity index is 1.32. The van der Waals surface area contributed by atoms with Crippen LogP contribution < -0.4 is 10.1 Å². The Hall–Kier alpha value is -4.00. The van der Waals surface area contributed by atoms with Gasteiger partial charge >= 0.3 is 0 Å². The molecule has 166 valence electrons. The topological polar surface area (TPSA) is 85.6 Å². The van der Waals surface area contributed by atoms with Gasteiger partial charge in [0.05, 0.1) is 6.20 Å². The van der Waals surface area contributed by atoms with Crippen molar-refractivity contribution in [3.05, 3.63) is 83.0 Å². The maximum atomic E-state index is 12.8.